The van der Waals surface area contributed by atoms with Crippen molar-refractivity contribution in [3.8, 4) is 11.1 Å². The summed E-state index contributed by atoms with van der Waals surface area (Å²) in [5.74, 6) is -0.325. The normalized spacial score (nSPS) is 10.8. The van der Waals surface area contributed by atoms with E-state index >= 15 is 0 Å². The van der Waals surface area contributed by atoms with Crippen molar-refractivity contribution in [1.29, 1.82) is 0 Å². The van der Waals surface area contributed by atoms with Gasteiger partial charge in [0.1, 0.15) is 0 Å². The van der Waals surface area contributed by atoms with Crippen molar-refractivity contribution in [3.05, 3.63) is 54.2 Å². The van der Waals surface area contributed by atoms with Gasteiger partial charge in [0.05, 0.1) is 18.1 Å². The topological polar surface area (TPSA) is 60.9 Å². The molecule has 0 bridgehead atoms. The van der Waals surface area contributed by atoms with Crippen molar-refractivity contribution in [1.82, 2.24) is 9.30 Å². The van der Waals surface area contributed by atoms with Crippen molar-refractivity contribution in [3.63, 3.8) is 0 Å². The van der Waals surface area contributed by atoms with E-state index in [2.05, 4.69) is 5.10 Å². The SMILES string of the molecule is NC(=O)Cc1ccc(-c2ccc3c(cnn3Cl)c2)cc1. The van der Waals surface area contributed by atoms with Gasteiger partial charge in [-0.05, 0) is 28.8 Å². The van der Waals surface area contributed by atoms with Crippen LogP contribution in [0.1, 0.15) is 5.56 Å². The van der Waals surface area contributed by atoms with Gasteiger partial charge >= 0.3 is 0 Å². The van der Waals surface area contributed by atoms with E-state index in [1.165, 1.54) is 4.20 Å². The summed E-state index contributed by atoms with van der Waals surface area (Å²) in [6.45, 7) is 0. The molecule has 2 aromatic carbocycles. The molecule has 4 nitrogen and oxygen atoms in total. The van der Waals surface area contributed by atoms with Gasteiger partial charge in [0, 0.05) is 17.2 Å². The Morgan fingerprint density at radius 3 is 2.55 bits per heavy atom. The minimum Gasteiger partial charge on any atom is -0.369 e. The molecule has 0 aliphatic rings. The number of nitrogens with zero attached hydrogens (tertiary/aromatic N) is 2. The Morgan fingerprint density at radius 2 is 1.85 bits per heavy atom. The molecule has 20 heavy (non-hydrogen) atoms. The Hall–Kier alpha value is -2.33. The molecular formula is C15H12ClN3O. The van der Waals surface area contributed by atoms with Crippen LogP contribution in [0.2, 0.25) is 0 Å². The van der Waals surface area contributed by atoms with Crippen LogP contribution in [0.3, 0.4) is 0 Å². The second-order valence-electron chi connectivity index (χ2n) is 4.62. The van der Waals surface area contributed by atoms with E-state index in [1.54, 1.807) is 6.20 Å². The lowest BCUT2D eigenvalue weighted by molar-refractivity contribution is -0.117. The third-order valence-corrected chi connectivity index (χ3v) is 3.46. The average molecular weight is 286 g/mol. The predicted octanol–water partition coefficient (Wildman–Crippen LogP) is 2.73. The van der Waals surface area contributed by atoms with Crippen molar-refractivity contribution in [2.24, 2.45) is 5.73 Å². The molecule has 0 aliphatic heterocycles. The fourth-order valence-corrected chi connectivity index (χ4v) is 2.39. The smallest absolute Gasteiger partial charge is 0.221 e. The highest BCUT2D eigenvalue weighted by Crippen LogP contribution is 2.25. The molecule has 2 N–H and O–H groups in total. The molecule has 5 heteroatoms. The minimum atomic E-state index is -0.325. The highest BCUT2D eigenvalue weighted by Gasteiger charge is 2.04. The lowest BCUT2D eigenvalue weighted by Gasteiger charge is -2.04. The standard InChI is InChI=1S/C15H12ClN3O/c16-19-14-6-5-12(8-13(14)9-18-19)11-3-1-10(2-4-11)7-15(17)20/h1-6,8-9H,7H2,(H2,17,20). The Balaban J connectivity index is 1.95. The molecule has 0 fully saturated rings. The molecule has 1 amide bonds. The van der Waals surface area contributed by atoms with Gasteiger partial charge in [0.2, 0.25) is 5.91 Å². The van der Waals surface area contributed by atoms with E-state index in [-0.39, 0.29) is 12.3 Å². The number of primary amides is 1. The fourth-order valence-electron chi connectivity index (χ4n) is 2.20. The number of hydrogen-bond acceptors (Lipinski definition) is 2. The summed E-state index contributed by atoms with van der Waals surface area (Å²) in [5.41, 5.74) is 9.11. The minimum absolute atomic E-state index is 0.262. The quantitative estimate of drug-likeness (QED) is 0.804. The van der Waals surface area contributed by atoms with Gasteiger partial charge < -0.3 is 5.73 Å². The number of aromatic nitrogens is 2. The van der Waals surface area contributed by atoms with Gasteiger partial charge in [0.15, 0.2) is 0 Å². The number of benzene rings is 2. The zero-order chi connectivity index (χ0) is 14.1. The molecule has 1 heterocycles. The van der Waals surface area contributed by atoms with Gasteiger partial charge in [-0.2, -0.15) is 9.30 Å². The van der Waals surface area contributed by atoms with Crippen molar-refractivity contribution < 1.29 is 4.79 Å². The first-order chi connectivity index (χ1) is 9.63. The summed E-state index contributed by atoms with van der Waals surface area (Å²) >= 11 is 5.90. The molecule has 0 saturated heterocycles. The number of fused-ring (bicyclic) bond motifs is 1. The van der Waals surface area contributed by atoms with Crippen LogP contribution in [0.15, 0.2) is 48.7 Å². The number of carbonyl (C=O) groups is 1. The molecule has 0 aliphatic carbocycles. The van der Waals surface area contributed by atoms with Crippen LogP contribution < -0.4 is 5.73 Å². The Kier molecular flexibility index (Phi) is 3.16. The maximum Gasteiger partial charge on any atom is 0.221 e. The molecule has 0 saturated carbocycles. The van der Waals surface area contributed by atoms with Gasteiger partial charge in [-0.3, -0.25) is 4.79 Å². The highest BCUT2D eigenvalue weighted by atomic mass is 35.5. The van der Waals surface area contributed by atoms with Gasteiger partial charge in [-0.15, -0.1) is 0 Å². The first-order valence-corrected chi connectivity index (χ1v) is 6.49. The molecule has 0 spiro atoms. The number of amides is 1. The molecular weight excluding hydrogens is 274 g/mol. The summed E-state index contributed by atoms with van der Waals surface area (Å²) in [4.78, 5) is 10.9. The summed E-state index contributed by atoms with van der Waals surface area (Å²) in [7, 11) is 0. The maximum absolute atomic E-state index is 10.9. The van der Waals surface area contributed by atoms with Crippen LogP contribution in [0, 0.1) is 0 Å². The number of carbonyl (C=O) groups excluding carboxylic acids is 1. The number of halogens is 1. The van der Waals surface area contributed by atoms with Gasteiger partial charge in [-0.1, -0.05) is 30.3 Å². The summed E-state index contributed by atoms with van der Waals surface area (Å²) in [6.07, 6.45) is 1.99. The zero-order valence-corrected chi connectivity index (χ0v) is 11.3. The first kappa shape index (κ1) is 12.7. The molecule has 3 aromatic rings. The van der Waals surface area contributed by atoms with E-state index < -0.39 is 0 Å². The fraction of sp³-hybridized carbons (Fsp3) is 0.0667. The van der Waals surface area contributed by atoms with E-state index in [9.17, 15) is 4.79 Å². The molecule has 0 atom stereocenters. The van der Waals surface area contributed by atoms with Gasteiger partial charge in [-0.25, -0.2) is 0 Å². The monoisotopic (exact) mass is 285 g/mol. The molecule has 0 unspecified atom stereocenters. The summed E-state index contributed by atoms with van der Waals surface area (Å²) in [6, 6.07) is 13.7. The Morgan fingerprint density at radius 1 is 1.15 bits per heavy atom. The Bertz CT molecular complexity index is 777. The largest absolute Gasteiger partial charge is 0.369 e. The van der Waals surface area contributed by atoms with E-state index in [0.717, 1.165) is 27.6 Å². The highest BCUT2D eigenvalue weighted by molar-refractivity contribution is 6.18. The maximum atomic E-state index is 10.9. The zero-order valence-electron chi connectivity index (χ0n) is 10.6. The van der Waals surface area contributed by atoms with Gasteiger partial charge in [0.25, 0.3) is 0 Å². The van der Waals surface area contributed by atoms with E-state index in [4.69, 9.17) is 17.5 Å². The lowest BCUT2D eigenvalue weighted by atomic mass is 10.0. The molecule has 1 aromatic heterocycles. The first-order valence-electron chi connectivity index (χ1n) is 6.15. The number of rotatable bonds is 3. The molecule has 100 valence electrons. The van der Waals surface area contributed by atoms with Crippen LogP contribution in [0.4, 0.5) is 0 Å². The van der Waals surface area contributed by atoms with Crippen molar-refractivity contribution in [2.75, 3.05) is 0 Å². The lowest BCUT2D eigenvalue weighted by Crippen LogP contribution is -2.13. The van der Waals surface area contributed by atoms with Crippen LogP contribution in [-0.2, 0) is 11.2 Å². The second kappa shape index (κ2) is 4.98. The van der Waals surface area contributed by atoms with Crippen molar-refractivity contribution >= 4 is 28.6 Å². The molecule has 3 rings (SSSR count). The molecule has 0 radical (unpaired) electrons. The van der Waals surface area contributed by atoms with E-state index in [0.29, 0.717) is 0 Å². The third-order valence-electron chi connectivity index (χ3n) is 3.19. The average Bonchev–Trinajstić information content (AvgIpc) is 2.80. The van der Waals surface area contributed by atoms with Crippen molar-refractivity contribution in [2.45, 2.75) is 6.42 Å². The Labute approximate surface area is 120 Å². The third kappa shape index (κ3) is 2.38. The number of nitrogens with two attached hydrogens (primary N) is 1. The van der Waals surface area contributed by atoms with Crippen LogP contribution >= 0.6 is 11.8 Å². The number of hydrogen-bond donors (Lipinski definition) is 1. The summed E-state index contributed by atoms with van der Waals surface area (Å²) in [5, 5.41) is 4.99. The van der Waals surface area contributed by atoms with Crippen LogP contribution in [-0.4, -0.2) is 15.2 Å². The predicted molar refractivity (Wildman–Crippen MR) is 79.3 cm³/mol. The van der Waals surface area contributed by atoms with E-state index in [1.807, 2.05) is 42.5 Å². The second-order valence-corrected chi connectivity index (χ2v) is 4.94. The van der Waals surface area contributed by atoms with Crippen LogP contribution in [0.25, 0.3) is 22.0 Å². The van der Waals surface area contributed by atoms with Crippen LogP contribution in [0.5, 0.6) is 0 Å². The summed E-state index contributed by atoms with van der Waals surface area (Å²) < 4.78 is 1.33.